The standard InChI is InChI=1S/C35H31F3N4O9/c1-42(2)27-22-14-16-13-21-20(15-3-5-17(6-4-15)40-33(49)41-18-7-9-19(10-8-18)51-35(36,37)38)11-12-23(43)25(21)28(44)24(16)30(46)34(22,50)31(47)26(29(27)45)32(39)48/h3-12,16,22,27,43,45-46,50H,13-14H2,1-2H3,(H2,39,48)(H2,40,41,49)/t16-,22+,27?,34+/m1/s1. The number of phenols is 1. The third kappa shape index (κ3) is 6.01. The Morgan fingerprint density at radius 2 is 1.53 bits per heavy atom. The van der Waals surface area contributed by atoms with Gasteiger partial charge in [0.2, 0.25) is 5.78 Å². The maximum Gasteiger partial charge on any atom is 0.573 e. The summed E-state index contributed by atoms with van der Waals surface area (Å²) in [5.74, 6) is -7.90. The van der Waals surface area contributed by atoms with Crippen LogP contribution in [0.2, 0.25) is 0 Å². The summed E-state index contributed by atoms with van der Waals surface area (Å²) in [4.78, 5) is 53.7. The number of carbonyl (C=O) groups excluding carboxylic acids is 4. The Morgan fingerprint density at radius 3 is 2.08 bits per heavy atom. The first-order valence-corrected chi connectivity index (χ1v) is 15.5. The van der Waals surface area contributed by atoms with Crippen LogP contribution in [0.25, 0.3) is 11.1 Å². The van der Waals surface area contributed by atoms with Gasteiger partial charge in [-0.2, -0.15) is 0 Å². The number of alkyl halides is 3. The number of aromatic hydroxyl groups is 1. The molecular weight excluding hydrogens is 677 g/mol. The molecule has 0 bridgehead atoms. The summed E-state index contributed by atoms with van der Waals surface area (Å²) in [6.07, 6.45) is -4.85. The van der Waals surface area contributed by atoms with Crippen molar-refractivity contribution in [1.82, 2.24) is 4.90 Å². The lowest BCUT2D eigenvalue weighted by Crippen LogP contribution is -2.63. The van der Waals surface area contributed by atoms with Crippen molar-refractivity contribution in [2.45, 2.75) is 30.8 Å². The Kier molecular flexibility index (Phi) is 8.55. The molecule has 1 unspecified atom stereocenters. The van der Waals surface area contributed by atoms with Gasteiger partial charge in [-0.1, -0.05) is 18.2 Å². The number of aliphatic hydroxyl groups is 3. The highest BCUT2D eigenvalue weighted by molar-refractivity contribution is 6.25. The predicted molar refractivity (Wildman–Crippen MR) is 175 cm³/mol. The van der Waals surface area contributed by atoms with E-state index in [1.807, 2.05) is 0 Å². The lowest BCUT2D eigenvalue weighted by Gasteiger charge is -2.50. The number of benzene rings is 3. The largest absolute Gasteiger partial charge is 0.573 e. The van der Waals surface area contributed by atoms with E-state index in [1.165, 1.54) is 23.1 Å². The number of amides is 3. The molecule has 16 heteroatoms. The number of likely N-dealkylation sites (N-methyl/N-ethyl adjacent to an activating group) is 1. The number of halogens is 3. The number of primary amides is 1. The molecule has 266 valence electrons. The van der Waals surface area contributed by atoms with Crippen LogP contribution in [0.1, 0.15) is 22.3 Å². The van der Waals surface area contributed by atoms with Gasteiger partial charge in [0.15, 0.2) is 11.4 Å². The smallest absolute Gasteiger partial charge is 0.510 e. The second-order valence-electron chi connectivity index (χ2n) is 12.7. The van der Waals surface area contributed by atoms with Crippen molar-refractivity contribution in [3.8, 4) is 22.6 Å². The summed E-state index contributed by atoms with van der Waals surface area (Å²) in [5.41, 5.74) is 3.39. The molecule has 0 saturated heterocycles. The molecule has 4 atom stereocenters. The highest BCUT2D eigenvalue weighted by Crippen LogP contribution is 2.53. The zero-order chi connectivity index (χ0) is 37.2. The second-order valence-corrected chi connectivity index (χ2v) is 12.7. The molecule has 3 aliphatic rings. The lowest BCUT2D eigenvalue weighted by atomic mass is 9.58. The number of allylic oxidation sites excluding steroid dienone is 1. The number of nitrogens with zero attached hydrogens (tertiary/aromatic N) is 1. The van der Waals surface area contributed by atoms with Gasteiger partial charge < -0.3 is 41.5 Å². The Hall–Kier alpha value is -5.87. The number of carbonyl (C=O) groups is 4. The number of rotatable bonds is 6. The average molecular weight is 709 g/mol. The van der Waals surface area contributed by atoms with Crippen LogP contribution in [0.3, 0.4) is 0 Å². The van der Waals surface area contributed by atoms with Crippen LogP contribution < -0.4 is 21.1 Å². The van der Waals surface area contributed by atoms with Crippen molar-refractivity contribution in [3.05, 3.63) is 94.5 Å². The van der Waals surface area contributed by atoms with Crippen molar-refractivity contribution in [2.24, 2.45) is 17.6 Å². The highest BCUT2D eigenvalue weighted by Gasteiger charge is 2.63. The summed E-state index contributed by atoms with van der Waals surface area (Å²) < 4.78 is 41.0. The topological polar surface area (TPSA) is 212 Å². The molecule has 0 fully saturated rings. The first-order valence-electron chi connectivity index (χ1n) is 15.5. The van der Waals surface area contributed by atoms with E-state index >= 15 is 0 Å². The van der Waals surface area contributed by atoms with E-state index in [9.17, 15) is 52.8 Å². The zero-order valence-electron chi connectivity index (χ0n) is 26.9. The van der Waals surface area contributed by atoms with Crippen LogP contribution in [0, 0.1) is 11.8 Å². The number of fused-ring (bicyclic) bond motifs is 3. The number of aliphatic hydroxyl groups excluding tert-OH is 2. The van der Waals surface area contributed by atoms with Gasteiger partial charge in [-0.3, -0.25) is 19.3 Å². The van der Waals surface area contributed by atoms with Gasteiger partial charge in [0, 0.05) is 22.9 Å². The first-order chi connectivity index (χ1) is 23.9. The molecule has 0 spiro atoms. The van der Waals surface area contributed by atoms with Crippen LogP contribution in [0.15, 0.2) is 83.3 Å². The first kappa shape index (κ1) is 35.0. The van der Waals surface area contributed by atoms with E-state index in [2.05, 4.69) is 15.4 Å². The number of nitrogens with two attached hydrogens (primary N) is 1. The van der Waals surface area contributed by atoms with E-state index in [0.717, 1.165) is 12.1 Å². The average Bonchev–Trinajstić information content (AvgIpc) is 3.03. The van der Waals surface area contributed by atoms with Gasteiger partial charge >= 0.3 is 12.4 Å². The summed E-state index contributed by atoms with van der Waals surface area (Å²) in [6, 6.07) is 12.1. The van der Waals surface area contributed by atoms with E-state index in [4.69, 9.17) is 5.73 Å². The number of hydrogen-bond donors (Lipinski definition) is 7. The number of Topliss-reactive ketones (excluding diaryl/α,β-unsaturated/α-hetero) is 2. The third-order valence-corrected chi connectivity index (χ3v) is 9.41. The molecule has 0 radical (unpaired) electrons. The maximum absolute atomic E-state index is 14.0. The van der Waals surface area contributed by atoms with E-state index in [1.54, 1.807) is 44.4 Å². The Labute approximate surface area is 287 Å². The van der Waals surface area contributed by atoms with Crippen LogP contribution >= 0.6 is 0 Å². The molecule has 13 nitrogen and oxygen atoms in total. The number of anilines is 2. The Bertz CT molecular complexity index is 2040. The number of hydrogen-bond acceptors (Lipinski definition) is 10. The molecule has 6 rings (SSSR count). The number of nitrogens with one attached hydrogen (secondary N) is 2. The summed E-state index contributed by atoms with van der Waals surface area (Å²) in [7, 11) is 3.08. The minimum absolute atomic E-state index is 0.0725. The van der Waals surface area contributed by atoms with Crippen LogP contribution in [-0.4, -0.2) is 80.9 Å². The molecule has 51 heavy (non-hydrogen) atoms. The Morgan fingerprint density at radius 1 is 0.941 bits per heavy atom. The fraction of sp³-hybridized carbons (Fsp3) is 0.257. The molecule has 3 aliphatic carbocycles. The summed E-state index contributed by atoms with van der Waals surface area (Å²) >= 11 is 0. The van der Waals surface area contributed by atoms with E-state index in [0.29, 0.717) is 22.4 Å². The van der Waals surface area contributed by atoms with Crippen molar-refractivity contribution < 1.29 is 57.5 Å². The highest BCUT2D eigenvalue weighted by atomic mass is 19.4. The monoisotopic (exact) mass is 708 g/mol. The normalized spacial score (nSPS) is 23.0. The van der Waals surface area contributed by atoms with Crippen LogP contribution in [-0.2, 0) is 16.0 Å². The van der Waals surface area contributed by atoms with Gasteiger partial charge in [0.05, 0.1) is 11.6 Å². The fourth-order valence-electron chi connectivity index (χ4n) is 7.29. The summed E-state index contributed by atoms with van der Waals surface area (Å²) in [6.45, 7) is 0. The quantitative estimate of drug-likeness (QED) is 0.180. The van der Waals surface area contributed by atoms with Gasteiger partial charge in [-0.05, 0) is 92.0 Å². The summed E-state index contributed by atoms with van der Waals surface area (Å²) in [5, 5.41) is 50.2. The predicted octanol–water partition coefficient (Wildman–Crippen LogP) is 4.33. The van der Waals surface area contributed by atoms with E-state index < -0.39 is 81.9 Å². The lowest BCUT2D eigenvalue weighted by molar-refractivity contribution is -0.274. The minimum atomic E-state index is -4.85. The van der Waals surface area contributed by atoms with E-state index in [-0.39, 0.29) is 29.7 Å². The van der Waals surface area contributed by atoms with Gasteiger partial charge in [0.25, 0.3) is 5.91 Å². The number of phenolic OH excluding ortho intramolecular Hbond substituents is 1. The maximum atomic E-state index is 14.0. The molecule has 3 aromatic rings. The molecule has 0 heterocycles. The van der Waals surface area contributed by atoms with Gasteiger partial charge in [-0.25, -0.2) is 4.79 Å². The number of ether oxygens (including phenoxy) is 1. The van der Waals surface area contributed by atoms with Gasteiger partial charge in [-0.15, -0.1) is 13.2 Å². The number of urea groups is 1. The van der Waals surface area contributed by atoms with Crippen LogP contribution in [0.5, 0.6) is 11.5 Å². The SMILES string of the molecule is CN(C)C1C(O)=C(C(N)=O)C(=O)[C@@]2(O)C(O)=C3C(=O)c4c(O)ccc(-c5ccc(NC(=O)Nc6ccc(OC(F)(F)F)cc6)cc5)c4C[C@@H]3C[C@@H]12. The third-order valence-electron chi connectivity index (χ3n) is 9.41. The molecule has 0 aromatic heterocycles. The van der Waals surface area contributed by atoms with Crippen molar-refractivity contribution in [2.75, 3.05) is 24.7 Å². The fourth-order valence-corrected chi connectivity index (χ4v) is 7.29. The minimum Gasteiger partial charge on any atom is -0.510 e. The molecule has 0 saturated carbocycles. The second kappa shape index (κ2) is 12.5. The molecule has 8 N–H and O–H groups in total. The number of ketones is 2. The van der Waals surface area contributed by atoms with Crippen molar-refractivity contribution in [3.63, 3.8) is 0 Å². The molecule has 0 aliphatic heterocycles. The van der Waals surface area contributed by atoms with Crippen molar-refractivity contribution in [1.29, 1.82) is 0 Å². The Balaban J connectivity index is 1.28. The molecular formula is C35H31F3N4O9. The van der Waals surface area contributed by atoms with Crippen molar-refractivity contribution >= 4 is 34.9 Å². The molecule has 3 amide bonds. The molecule has 3 aromatic carbocycles. The van der Waals surface area contributed by atoms with Crippen LogP contribution in [0.4, 0.5) is 29.3 Å². The van der Waals surface area contributed by atoms with Gasteiger partial charge in [0.1, 0.15) is 28.6 Å². The zero-order valence-corrected chi connectivity index (χ0v) is 26.9.